The number of hydrogen-bond donors (Lipinski definition) is 1. The average Bonchev–Trinajstić information content (AvgIpc) is 2.61. The number of imidazole rings is 1. The number of nitrogens with zero attached hydrogens (tertiary/aromatic N) is 3. The second-order valence-corrected chi connectivity index (χ2v) is 4.00. The summed E-state index contributed by atoms with van der Waals surface area (Å²) < 4.78 is 7.61. The Hall–Kier alpha value is -1.07. The van der Waals surface area contributed by atoms with Crippen molar-refractivity contribution in [3.63, 3.8) is 0 Å². The van der Waals surface area contributed by atoms with Gasteiger partial charge in [0.05, 0.1) is 12.7 Å². The maximum Gasteiger partial charge on any atom is 0.202 e. The van der Waals surface area contributed by atoms with E-state index in [2.05, 4.69) is 22.2 Å². The van der Waals surface area contributed by atoms with Crippen molar-refractivity contribution in [2.45, 2.75) is 6.10 Å². The molecule has 1 aliphatic heterocycles. The standard InChI is InChI=1S/C10H18N4O/c1-13-5-6-15-9(8-13)7-12-10-11-3-4-14(10)2/h3-4,9H,5-8H2,1-2H3,(H,11,12). The molecule has 84 valence electrons. The van der Waals surface area contributed by atoms with Crippen molar-refractivity contribution in [3.05, 3.63) is 12.4 Å². The van der Waals surface area contributed by atoms with Crippen molar-refractivity contribution in [1.29, 1.82) is 0 Å². The molecule has 0 aromatic carbocycles. The van der Waals surface area contributed by atoms with Crippen molar-refractivity contribution < 1.29 is 4.74 Å². The van der Waals surface area contributed by atoms with Gasteiger partial charge in [-0.25, -0.2) is 4.98 Å². The van der Waals surface area contributed by atoms with Crippen LogP contribution in [0.2, 0.25) is 0 Å². The Morgan fingerprint density at radius 3 is 3.13 bits per heavy atom. The molecule has 1 saturated heterocycles. The second-order valence-electron chi connectivity index (χ2n) is 4.00. The lowest BCUT2D eigenvalue weighted by molar-refractivity contribution is -0.0118. The molecule has 0 amide bonds. The highest BCUT2D eigenvalue weighted by molar-refractivity contribution is 5.25. The van der Waals surface area contributed by atoms with Gasteiger partial charge in [-0.1, -0.05) is 0 Å². The van der Waals surface area contributed by atoms with Crippen molar-refractivity contribution >= 4 is 5.95 Å². The lowest BCUT2D eigenvalue weighted by Crippen LogP contribution is -2.43. The molecule has 15 heavy (non-hydrogen) atoms. The van der Waals surface area contributed by atoms with Crippen LogP contribution in [-0.4, -0.2) is 53.8 Å². The quantitative estimate of drug-likeness (QED) is 0.772. The van der Waals surface area contributed by atoms with Crippen LogP contribution in [0.4, 0.5) is 5.95 Å². The van der Waals surface area contributed by atoms with E-state index < -0.39 is 0 Å². The Morgan fingerprint density at radius 1 is 1.60 bits per heavy atom. The molecule has 1 fully saturated rings. The topological polar surface area (TPSA) is 42.3 Å². The summed E-state index contributed by atoms with van der Waals surface area (Å²) in [5.74, 6) is 0.895. The van der Waals surface area contributed by atoms with Crippen molar-refractivity contribution in [2.24, 2.45) is 7.05 Å². The Morgan fingerprint density at radius 2 is 2.47 bits per heavy atom. The normalized spacial score (nSPS) is 22.9. The minimum atomic E-state index is 0.264. The molecule has 1 unspecified atom stereocenters. The molecule has 0 saturated carbocycles. The lowest BCUT2D eigenvalue weighted by Gasteiger charge is -2.30. The van der Waals surface area contributed by atoms with Gasteiger partial charge in [0.2, 0.25) is 5.95 Å². The van der Waals surface area contributed by atoms with E-state index in [1.165, 1.54) is 0 Å². The van der Waals surface area contributed by atoms with E-state index in [0.29, 0.717) is 0 Å². The Kier molecular flexibility index (Phi) is 3.23. The van der Waals surface area contributed by atoms with Gasteiger partial charge >= 0.3 is 0 Å². The number of morpholine rings is 1. The van der Waals surface area contributed by atoms with E-state index in [1.807, 2.05) is 17.8 Å². The van der Waals surface area contributed by atoms with Crippen LogP contribution in [0, 0.1) is 0 Å². The lowest BCUT2D eigenvalue weighted by atomic mass is 10.3. The van der Waals surface area contributed by atoms with Crippen LogP contribution in [0.3, 0.4) is 0 Å². The summed E-state index contributed by atoms with van der Waals surface area (Å²) in [5, 5.41) is 3.28. The zero-order chi connectivity index (χ0) is 10.7. The number of aryl methyl sites for hydroxylation is 1. The van der Waals surface area contributed by atoms with Gasteiger partial charge in [0.25, 0.3) is 0 Å². The largest absolute Gasteiger partial charge is 0.374 e. The van der Waals surface area contributed by atoms with Crippen molar-refractivity contribution in [3.8, 4) is 0 Å². The summed E-state index contributed by atoms with van der Waals surface area (Å²) in [6, 6.07) is 0. The summed E-state index contributed by atoms with van der Waals surface area (Å²) in [5.41, 5.74) is 0. The molecule has 0 spiro atoms. The maximum absolute atomic E-state index is 5.65. The van der Waals surface area contributed by atoms with Crippen LogP contribution in [0.15, 0.2) is 12.4 Å². The average molecular weight is 210 g/mol. The van der Waals surface area contributed by atoms with Crippen LogP contribution < -0.4 is 5.32 Å². The molecule has 1 aromatic rings. The first-order valence-electron chi connectivity index (χ1n) is 5.27. The fourth-order valence-corrected chi connectivity index (χ4v) is 1.73. The van der Waals surface area contributed by atoms with Crippen molar-refractivity contribution in [1.82, 2.24) is 14.5 Å². The maximum atomic E-state index is 5.65. The molecule has 0 aliphatic carbocycles. The Labute approximate surface area is 90.0 Å². The van der Waals surface area contributed by atoms with Crippen LogP contribution >= 0.6 is 0 Å². The second kappa shape index (κ2) is 4.63. The number of likely N-dealkylation sites (N-methyl/N-ethyl adjacent to an activating group) is 1. The van der Waals surface area contributed by atoms with Gasteiger partial charge in [-0.15, -0.1) is 0 Å². The molecular weight excluding hydrogens is 192 g/mol. The van der Waals surface area contributed by atoms with Crippen LogP contribution in [0.5, 0.6) is 0 Å². The summed E-state index contributed by atoms with van der Waals surface area (Å²) >= 11 is 0. The number of aromatic nitrogens is 2. The number of nitrogens with one attached hydrogen (secondary N) is 1. The first-order chi connectivity index (χ1) is 7.25. The van der Waals surface area contributed by atoms with Crippen molar-refractivity contribution in [2.75, 3.05) is 38.6 Å². The Balaban J connectivity index is 1.80. The molecule has 0 radical (unpaired) electrons. The molecule has 2 rings (SSSR count). The highest BCUT2D eigenvalue weighted by Crippen LogP contribution is 2.05. The van der Waals surface area contributed by atoms with Gasteiger partial charge in [0, 0.05) is 39.1 Å². The van der Waals surface area contributed by atoms with E-state index in [9.17, 15) is 0 Å². The fraction of sp³-hybridized carbons (Fsp3) is 0.700. The molecule has 2 heterocycles. The zero-order valence-corrected chi connectivity index (χ0v) is 9.31. The van der Waals surface area contributed by atoms with E-state index in [1.54, 1.807) is 6.20 Å². The summed E-state index contributed by atoms with van der Waals surface area (Å²) in [6.45, 7) is 3.65. The minimum Gasteiger partial charge on any atom is -0.374 e. The molecule has 1 atom stereocenters. The van der Waals surface area contributed by atoms with Gasteiger partial charge in [0.1, 0.15) is 0 Å². The van der Waals surface area contributed by atoms with Crippen LogP contribution in [0.25, 0.3) is 0 Å². The third kappa shape index (κ3) is 2.70. The minimum absolute atomic E-state index is 0.264. The van der Waals surface area contributed by atoms with Gasteiger partial charge in [-0.2, -0.15) is 0 Å². The zero-order valence-electron chi connectivity index (χ0n) is 9.31. The summed E-state index contributed by atoms with van der Waals surface area (Å²) in [6.07, 6.45) is 3.98. The smallest absolute Gasteiger partial charge is 0.202 e. The van der Waals surface area contributed by atoms with Gasteiger partial charge < -0.3 is 19.5 Å². The highest BCUT2D eigenvalue weighted by atomic mass is 16.5. The van der Waals surface area contributed by atoms with E-state index in [-0.39, 0.29) is 6.10 Å². The van der Waals surface area contributed by atoms with Gasteiger partial charge in [-0.05, 0) is 7.05 Å². The molecule has 5 nitrogen and oxygen atoms in total. The van der Waals surface area contributed by atoms with E-state index in [4.69, 9.17) is 4.74 Å². The molecule has 5 heteroatoms. The number of rotatable bonds is 3. The predicted molar refractivity (Wildman–Crippen MR) is 58.9 cm³/mol. The molecule has 0 bridgehead atoms. The number of ether oxygens (including phenoxy) is 1. The van der Waals surface area contributed by atoms with Crippen LogP contribution in [-0.2, 0) is 11.8 Å². The Bertz CT molecular complexity index is 312. The first-order valence-corrected chi connectivity index (χ1v) is 5.27. The monoisotopic (exact) mass is 210 g/mol. The number of hydrogen-bond acceptors (Lipinski definition) is 4. The number of anilines is 1. The highest BCUT2D eigenvalue weighted by Gasteiger charge is 2.17. The molecule has 1 aromatic heterocycles. The van der Waals surface area contributed by atoms with Gasteiger partial charge in [-0.3, -0.25) is 0 Å². The SMILES string of the molecule is CN1CCOC(CNc2nccn2C)C1. The summed E-state index contributed by atoms with van der Waals surface area (Å²) in [4.78, 5) is 6.49. The first kappa shape index (κ1) is 10.4. The van der Waals surface area contributed by atoms with E-state index in [0.717, 1.165) is 32.2 Å². The van der Waals surface area contributed by atoms with Gasteiger partial charge in [0.15, 0.2) is 0 Å². The van der Waals surface area contributed by atoms with Crippen LogP contribution in [0.1, 0.15) is 0 Å². The third-order valence-corrected chi connectivity index (χ3v) is 2.65. The predicted octanol–water partition coefficient (Wildman–Crippen LogP) is 0.163. The molecule has 1 aliphatic rings. The molecule has 1 N–H and O–H groups in total. The fourth-order valence-electron chi connectivity index (χ4n) is 1.73. The van der Waals surface area contributed by atoms with E-state index >= 15 is 0 Å². The molecular formula is C10H18N4O. The summed E-state index contributed by atoms with van der Waals surface area (Å²) in [7, 11) is 4.10. The third-order valence-electron chi connectivity index (χ3n) is 2.65.